The van der Waals surface area contributed by atoms with Gasteiger partial charge in [-0.15, -0.1) is 0 Å². The van der Waals surface area contributed by atoms with E-state index in [0.29, 0.717) is 6.20 Å². The number of rotatable bonds is 1. The Morgan fingerprint density at radius 1 is 1.50 bits per heavy atom. The number of hydrogen-bond acceptors (Lipinski definition) is 2. The van der Waals surface area contributed by atoms with Gasteiger partial charge < -0.3 is 10.7 Å². The van der Waals surface area contributed by atoms with Gasteiger partial charge in [-0.25, -0.2) is 8.78 Å². The molecule has 1 aromatic heterocycles. The molecular formula is C6H5F3N2O. The van der Waals surface area contributed by atoms with E-state index in [0.717, 1.165) is 0 Å². The van der Waals surface area contributed by atoms with Gasteiger partial charge in [0.25, 0.3) is 6.43 Å². The maximum absolute atomic E-state index is 12.4. The molecule has 0 aromatic carbocycles. The van der Waals surface area contributed by atoms with Crippen LogP contribution in [0, 0.1) is 5.95 Å². The molecule has 0 radical (unpaired) electrons. The van der Waals surface area contributed by atoms with Crippen LogP contribution in [0.5, 0.6) is 0 Å². The number of anilines is 1. The van der Waals surface area contributed by atoms with Crippen molar-refractivity contribution in [1.29, 1.82) is 0 Å². The van der Waals surface area contributed by atoms with E-state index in [2.05, 4.69) is 0 Å². The highest BCUT2D eigenvalue weighted by Gasteiger charge is 2.15. The smallest absolute Gasteiger partial charge is 0.269 e. The Morgan fingerprint density at radius 2 is 2.08 bits per heavy atom. The topological polar surface area (TPSA) is 58.9 Å². The lowest BCUT2D eigenvalue weighted by Crippen LogP contribution is -2.16. The van der Waals surface area contributed by atoms with E-state index in [1.165, 1.54) is 0 Å². The summed E-state index contributed by atoms with van der Waals surface area (Å²) in [6, 6.07) is 0. The lowest BCUT2D eigenvalue weighted by Gasteiger charge is -1.99. The van der Waals surface area contributed by atoms with E-state index < -0.39 is 29.1 Å². The molecule has 1 aromatic rings. The van der Waals surface area contributed by atoms with Crippen molar-refractivity contribution in [3.8, 4) is 0 Å². The second kappa shape index (κ2) is 2.88. The normalized spacial score (nSPS) is 10.7. The van der Waals surface area contributed by atoms with Crippen molar-refractivity contribution in [2.24, 2.45) is 0 Å². The number of aromatic nitrogens is 1. The molecule has 6 heteroatoms. The molecule has 12 heavy (non-hydrogen) atoms. The molecule has 3 N–H and O–H groups in total. The van der Waals surface area contributed by atoms with Gasteiger partial charge in [0, 0.05) is 6.20 Å². The van der Waals surface area contributed by atoms with E-state index >= 15 is 0 Å². The van der Waals surface area contributed by atoms with Crippen molar-refractivity contribution in [1.82, 2.24) is 4.98 Å². The summed E-state index contributed by atoms with van der Waals surface area (Å²) < 4.78 is 36.3. The number of aromatic amines is 1. The van der Waals surface area contributed by atoms with Gasteiger partial charge in [0.05, 0.1) is 5.56 Å². The van der Waals surface area contributed by atoms with Gasteiger partial charge >= 0.3 is 0 Å². The molecule has 0 aliphatic heterocycles. The molecule has 0 aliphatic carbocycles. The lowest BCUT2D eigenvalue weighted by molar-refractivity contribution is 0.149. The van der Waals surface area contributed by atoms with Crippen LogP contribution in [0.25, 0.3) is 0 Å². The minimum Gasteiger partial charge on any atom is -0.392 e. The predicted octanol–water partition coefficient (Wildman–Crippen LogP) is 1.03. The van der Waals surface area contributed by atoms with Gasteiger partial charge in [-0.2, -0.15) is 4.39 Å². The average molecular weight is 178 g/mol. The third-order valence-corrected chi connectivity index (χ3v) is 1.33. The number of hydrogen-bond donors (Lipinski definition) is 2. The molecule has 0 bridgehead atoms. The highest BCUT2D eigenvalue weighted by Crippen LogP contribution is 2.15. The van der Waals surface area contributed by atoms with E-state index in [9.17, 15) is 18.0 Å². The summed E-state index contributed by atoms with van der Waals surface area (Å²) in [5.74, 6) is -1.09. The Balaban J connectivity index is 3.37. The van der Waals surface area contributed by atoms with Crippen molar-refractivity contribution in [2.45, 2.75) is 6.43 Å². The van der Waals surface area contributed by atoms with Gasteiger partial charge in [0.15, 0.2) is 0 Å². The quantitative estimate of drug-likeness (QED) is 0.631. The first kappa shape index (κ1) is 8.63. The Bertz CT molecular complexity index is 347. The van der Waals surface area contributed by atoms with Crippen molar-refractivity contribution in [2.75, 3.05) is 5.73 Å². The largest absolute Gasteiger partial charge is 0.392 e. The van der Waals surface area contributed by atoms with E-state index in [4.69, 9.17) is 5.73 Å². The standard InChI is InChI=1S/C6H5F3N2O/c7-5(8)2-1-11-6(9)3(10)4(2)12/h1,5H,10H2,(H,11,12). The maximum atomic E-state index is 12.4. The zero-order valence-electron chi connectivity index (χ0n) is 5.77. The molecule has 0 amide bonds. The summed E-state index contributed by atoms with van der Waals surface area (Å²) in [5.41, 5.74) is 2.07. The Kier molecular flexibility index (Phi) is 2.07. The van der Waals surface area contributed by atoms with Crippen LogP contribution in [0.2, 0.25) is 0 Å². The Labute approximate surface area is 65.0 Å². The van der Waals surface area contributed by atoms with Gasteiger partial charge in [-0.1, -0.05) is 0 Å². The van der Waals surface area contributed by atoms with Crippen molar-refractivity contribution < 1.29 is 13.2 Å². The minimum atomic E-state index is -2.95. The number of H-pyrrole nitrogens is 1. The van der Waals surface area contributed by atoms with Crippen LogP contribution in [-0.4, -0.2) is 4.98 Å². The van der Waals surface area contributed by atoms with Gasteiger partial charge in [0.2, 0.25) is 11.4 Å². The fourth-order valence-electron chi connectivity index (χ4n) is 0.702. The molecule has 1 heterocycles. The Hall–Kier alpha value is -1.46. The van der Waals surface area contributed by atoms with Crippen LogP contribution >= 0.6 is 0 Å². The van der Waals surface area contributed by atoms with Gasteiger partial charge in [-0.3, -0.25) is 4.79 Å². The van der Waals surface area contributed by atoms with Crippen LogP contribution in [0.4, 0.5) is 18.9 Å². The van der Waals surface area contributed by atoms with E-state index in [-0.39, 0.29) is 0 Å². The lowest BCUT2D eigenvalue weighted by atomic mass is 10.2. The number of halogens is 3. The SMILES string of the molecule is Nc1c(F)[nH]cc(C(F)F)c1=O. The summed E-state index contributed by atoms with van der Waals surface area (Å²) in [4.78, 5) is 12.6. The summed E-state index contributed by atoms with van der Waals surface area (Å²) in [6.07, 6.45) is -2.34. The molecule has 1 rings (SSSR count). The molecule has 0 atom stereocenters. The number of nitrogens with one attached hydrogen (secondary N) is 1. The van der Waals surface area contributed by atoms with E-state index in [1.807, 2.05) is 4.98 Å². The molecule has 0 aliphatic rings. The molecule has 0 saturated heterocycles. The number of alkyl halides is 2. The van der Waals surface area contributed by atoms with Crippen molar-refractivity contribution >= 4 is 5.69 Å². The second-order valence-corrected chi connectivity index (χ2v) is 2.10. The molecule has 0 spiro atoms. The van der Waals surface area contributed by atoms with Crippen LogP contribution in [0.1, 0.15) is 12.0 Å². The van der Waals surface area contributed by atoms with E-state index in [1.54, 1.807) is 0 Å². The monoisotopic (exact) mass is 178 g/mol. The van der Waals surface area contributed by atoms with Crippen LogP contribution in [0.15, 0.2) is 11.0 Å². The fourth-order valence-corrected chi connectivity index (χ4v) is 0.702. The third-order valence-electron chi connectivity index (χ3n) is 1.33. The molecule has 0 saturated carbocycles. The minimum absolute atomic E-state index is 0.610. The highest BCUT2D eigenvalue weighted by atomic mass is 19.3. The van der Waals surface area contributed by atoms with Crippen molar-refractivity contribution in [3.05, 3.63) is 27.9 Å². The van der Waals surface area contributed by atoms with Crippen molar-refractivity contribution in [3.63, 3.8) is 0 Å². The highest BCUT2D eigenvalue weighted by molar-refractivity contribution is 5.39. The van der Waals surface area contributed by atoms with Gasteiger partial charge in [-0.05, 0) is 0 Å². The maximum Gasteiger partial charge on any atom is 0.269 e. The van der Waals surface area contributed by atoms with Crippen LogP contribution < -0.4 is 11.2 Å². The summed E-state index contributed by atoms with van der Waals surface area (Å²) in [7, 11) is 0. The zero-order chi connectivity index (χ0) is 9.30. The summed E-state index contributed by atoms with van der Waals surface area (Å²) in [6.45, 7) is 0. The molecular weight excluding hydrogens is 173 g/mol. The molecule has 0 unspecified atom stereocenters. The molecule has 3 nitrogen and oxygen atoms in total. The Morgan fingerprint density at radius 3 is 2.58 bits per heavy atom. The number of nitrogen functional groups attached to an aromatic ring is 1. The first-order valence-corrected chi connectivity index (χ1v) is 2.98. The molecule has 0 fully saturated rings. The predicted molar refractivity (Wildman–Crippen MR) is 36.4 cm³/mol. The third kappa shape index (κ3) is 1.27. The van der Waals surface area contributed by atoms with Crippen LogP contribution in [-0.2, 0) is 0 Å². The number of pyridine rings is 1. The molecule has 66 valence electrons. The first-order chi connectivity index (χ1) is 5.54. The van der Waals surface area contributed by atoms with Crippen LogP contribution in [0.3, 0.4) is 0 Å². The average Bonchev–Trinajstić information content (AvgIpc) is 2.00. The fraction of sp³-hybridized carbons (Fsp3) is 0.167. The first-order valence-electron chi connectivity index (χ1n) is 2.98. The summed E-state index contributed by atoms with van der Waals surface area (Å²) in [5, 5.41) is 0. The summed E-state index contributed by atoms with van der Waals surface area (Å²) >= 11 is 0. The van der Waals surface area contributed by atoms with Gasteiger partial charge in [0.1, 0.15) is 5.69 Å². The second-order valence-electron chi connectivity index (χ2n) is 2.10. The zero-order valence-corrected chi connectivity index (χ0v) is 5.77. The number of nitrogens with two attached hydrogens (primary N) is 1.